The van der Waals surface area contributed by atoms with Gasteiger partial charge in [0.05, 0.1) is 7.11 Å². The number of methoxy groups -OCH3 is 1. The summed E-state index contributed by atoms with van der Waals surface area (Å²) in [6.07, 6.45) is 1.20. The zero-order valence-electron chi connectivity index (χ0n) is 11.1. The Balaban J connectivity index is 2.13. The molecule has 1 aliphatic heterocycles. The van der Waals surface area contributed by atoms with E-state index in [2.05, 4.69) is 39.1 Å². The van der Waals surface area contributed by atoms with Gasteiger partial charge in [-0.05, 0) is 38.1 Å². The van der Waals surface area contributed by atoms with E-state index < -0.39 is 0 Å². The molecule has 1 N–H and O–H groups in total. The first-order chi connectivity index (χ1) is 8.70. The molecule has 3 nitrogen and oxygen atoms in total. The summed E-state index contributed by atoms with van der Waals surface area (Å²) in [5, 5.41) is 3.45. The van der Waals surface area contributed by atoms with Gasteiger partial charge in [-0.25, -0.2) is 0 Å². The molecule has 4 heteroatoms. The van der Waals surface area contributed by atoms with Crippen LogP contribution in [0.5, 0.6) is 5.75 Å². The summed E-state index contributed by atoms with van der Waals surface area (Å²) in [6.45, 7) is 6.54. The highest BCUT2D eigenvalue weighted by atomic mass is 79.9. The third-order valence-electron chi connectivity index (χ3n) is 3.55. The van der Waals surface area contributed by atoms with E-state index in [0.717, 1.165) is 36.4 Å². The third-order valence-corrected chi connectivity index (χ3v) is 4.05. The Labute approximate surface area is 118 Å². The molecule has 0 aromatic heterocycles. The van der Waals surface area contributed by atoms with Gasteiger partial charge >= 0.3 is 0 Å². The molecule has 1 fully saturated rings. The monoisotopic (exact) mass is 312 g/mol. The lowest BCUT2D eigenvalue weighted by molar-refractivity contribution is 0.208. The van der Waals surface area contributed by atoms with Gasteiger partial charge in [0.15, 0.2) is 0 Å². The van der Waals surface area contributed by atoms with Crippen molar-refractivity contribution in [3.63, 3.8) is 0 Å². The van der Waals surface area contributed by atoms with Crippen molar-refractivity contribution in [2.45, 2.75) is 25.9 Å². The van der Waals surface area contributed by atoms with Crippen LogP contribution in [0.25, 0.3) is 0 Å². The van der Waals surface area contributed by atoms with E-state index in [1.54, 1.807) is 7.11 Å². The Morgan fingerprint density at radius 2 is 2.28 bits per heavy atom. The average Bonchev–Trinajstić information content (AvgIpc) is 2.55. The van der Waals surface area contributed by atoms with Crippen molar-refractivity contribution in [3.05, 3.63) is 28.2 Å². The average molecular weight is 313 g/mol. The molecule has 1 atom stereocenters. The van der Waals surface area contributed by atoms with Gasteiger partial charge in [-0.2, -0.15) is 0 Å². The van der Waals surface area contributed by atoms with E-state index in [-0.39, 0.29) is 0 Å². The predicted molar refractivity (Wildman–Crippen MR) is 78.1 cm³/mol. The lowest BCUT2D eigenvalue weighted by Gasteiger charge is -2.27. The van der Waals surface area contributed by atoms with E-state index in [1.807, 2.05) is 12.1 Å². The van der Waals surface area contributed by atoms with Crippen molar-refractivity contribution in [2.24, 2.45) is 0 Å². The van der Waals surface area contributed by atoms with Gasteiger partial charge < -0.3 is 10.1 Å². The van der Waals surface area contributed by atoms with Crippen LogP contribution in [0, 0.1) is 0 Å². The molecule has 1 heterocycles. The van der Waals surface area contributed by atoms with Gasteiger partial charge in [0.1, 0.15) is 5.75 Å². The highest BCUT2D eigenvalue weighted by Gasteiger charge is 2.18. The van der Waals surface area contributed by atoms with E-state index in [0.29, 0.717) is 6.04 Å². The zero-order valence-corrected chi connectivity index (χ0v) is 12.7. The van der Waals surface area contributed by atoms with Crippen LogP contribution in [-0.4, -0.2) is 37.7 Å². The van der Waals surface area contributed by atoms with E-state index in [9.17, 15) is 0 Å². The molecule has 0 amide bonds. The quantitative estimate of drug-likeness (QED) is 0.928. The Kier molecular flexibility index (Phi) is 5.03. The van der Waals surface area contributed by atoms with Crippen LogP contribution in [0.3, 0.4) is 0 Å². The number of hydrogen-bond acceptors (Lipinski definition) is 3. The molecule has 0 bridgehead atoms. The Hall–Kier alpha value is -0.580. The van der Waals surface area contributed by atoms with Crippen molar-refractivity contribution in [1.82, 2.24) is 10.2 Å². The molecule has 18 heavy (non-hydrogen) atoms. The molecular weight excluding hydrogens is 292 g/mol. The molecule has 0 spiro atoms. The first kappa shape index (κ1) is 13.8. The zero-order chi connectivity index (χ0) is 13.0. The normalized spacial score (nSPS) is 21.6. The maximum Gasteiger partial charge on any atom is 0.123 e. The lowest BCUT2D eigenvalue weighted by Crippen LogP contribution is -2.33. The predicted octanol–water partition coefficient (Wildman–Crippen LogP) is 2.64. The maximum absolute atomic E-state index is 5.45. The fourth-order valence-electron chi connectivity index (χ4n) is 2.39. The van der Waals surface area contributed by atoms with Gasteiger partial charge in [-0.3, -0.25) is 4.90 Å². The van der Waals surface area contributed by atoms with Gasteiger partial charge in [0, 0.05) is 35.7 Å². The topological polar surface area (TPSA) is 24.5 Å². The number of hydrogen-bond donors (Lipinski definition) is 1. The summed E-state index contributed by atoms with van der Waals surface area (Å²) in [6, 6.07) is 6.82. The summed E-state index contributed by atoms with van der Waals surface area (Å²) < 4.78 is 6.56. The number of rotatable bonds is 3. The minimum atomic E-state index is 0.615. The molecule has 2 rings (SSSR count). The SMILES string of the molecule is COc1ccc(Br)cc1CN1CCNCCC1C. The summed E-state index contributed by atoms with van der Waals surface area (Å²) >= 11 is 3.53. The van der Waals surface area contributed by atoms with Crippen LogP contribution in [0.2, 0.25) is 0 Å². The molecule has 1 unspecified atom stereocenters. The maximum atomic E-state index is 5.45. The van der Waals surface area contributed by atoms with Crippen LogP contribution in [0.1, 0.15) is 18.9 Å². The Bertz CT molecular complexity index is 397. The fourth-order valence-corrected chi connectivity index (χ4v) is 2.79. The van der Waals surface area contributed by atoms with Crippen molar-refractivity contribution in [3.8, 4) is 5.75 Å². The van der Waals surface area contributed by atoms with Crippen LogP contribution >= 0.6 is 15.9 Å². The Morgan fingerprint density at radius 3 is 3.06 bits per heavy atom. The van der Waals surface area contributed by atoms with Crippen molar-refractivity contribution in [2.75, 3.05) is 26.7 Å². The van der Waals surface area contributed by atoms with Crippen molar-refractivity contribution >= 4 is 15.9 Å². The summed E-state index contributed by atoms with van der Waals surface area (Å²) in [5.41, 5.74) is 1.25. The highest BCUT2D eigenvalue weighted by Crippen LogP contribution is 2.25. The molecule has 1 aliphatic rings. The molecule has 1 aromatic carbocycles. The standard InChI is InChI=1S/C14H21BrN2O/c1-11-5-6-16-7-8-17(11)10-12-9-13(15)3-4-14(12)18-2/h3-4,9,11,16H,5-8,10H2,1-2H3. The minimum Gasteiger partial charge on any atom is -0.496 e. The minimum absolute atomic E-state index is 0.615. The van der Waals surface area contributed by atoms with Crippen LogP contribution in [0.4, 0.5) is 0 Å². The molecule has 1 saturated heterocycles. The largest absolute Gasteiger partial charge is 0.496 e. The fraction of sp³-hybridized carbons (Fsp3) is 0.571. The summed E-state index contributed by atoms with van der Waals surface area (Å²) in [4.78, 5) is 2.52. The van der Waals surface area contributed by atoms with E-state index in [4.69, 9.17) is 4.74 Å². The number of nitrogens with zero attached hydrogens (tertiary/aromatic N) is 1. The molecule has 0 radical (unpaired) electrons. The molecule has 1 aromatic rings. The number of benzene rings is 1. The summed E-state index contributed by atoms with van der Waals surface area (Å²) in [7, 11) is 1.74. The molecule has 100 valence electrons. The summed E-state index contributed by atoms with van der Waals surface area (Å²) in [5.74, 6) is 0.975. The molecule has 0 aliphatic carbocycles. The van der Waals surface area contributed by atoms with Crippen molar-refractivity contribution in [1.29, 1.82) is 0 Å². The second kappa shape index (κ2) is 6.55. The second-order valence-electron chi connectivity index (χ2n) is 4.81. The number of ether oxygens (including phenoxy) is 1. The van der Waals surface area contributed by atoms with E-state index >= 15 is 0 Å². The highest BCUT2D eigenvalue weighted by molar-refractivity contribution is 9.10. The second-order valence-corrected chi connectivity index (χ2v) is 5.73. The smallest absolute Gasteiger partial charge is 0.123 e. The third kappa shape index (κ3) is 3.46. The molecular formula is C14H21BrN2O. The van der Waals surface area contributed by atoms with Crippen LogP contribution < -0.4 is 10.1 Å². The van der Waals surface area contributed by atoms with Gasteiger partial charge in [-0.15, -0.1) is 0 Å². The number of nitrogens with one attached hydrogen (secondary N) is 1. The van der Waals surface area contributed by atoms with Crippen LogP contribution in [-0.2, 0) is 6.54 Å². The number of halogens is 1. The van der Waals surface area contributed by atoms with Gasteiger partial charge in [0.25, 0.3) is 0 Å². The Morgan fingerprint density at radius 1 is 1.44 bits per heavy atom. The van der Waals surface area contributed by atoms with Crippen LogP contribution in [0.15, 0.2) is 22.7 Å². The van der Waals surface area contributed by atoms with Gasteiger partial charge in [0.2, 0.25) is 0 Å². The first-order valence-corrected chi connectivity index (χ1v) is 7.27. The van der Waals surface area contributed by atoms with E-state index in [1.165, 1.54) is 12.0 Å². The van der Waals surface area contributed by atoms with Gasteiger partial charge in [-0.1, -0.05) is 15.9 Å². The molecule has 0 saturated carbocycles. The van der Waals surface area contributed by atoms with Crippen molar-refractivity contribution < 1.29 is 4.74 Å². The lowest BCUT2D eigenvalue weighted by atomic mass is 10.1. The first-order valence-electron chi connectivity index (χ1n) is 6.48.